The number of hydrogen-bond acceptors (Lipinski definition) is 2. The first kappa shape index (κ1) is 13.0. The van der Waals surface area contributed by atoms with Gasteiger partial charge < -0.3 is 10.1 Å². The van der Waals surface area contributed by atoms with E-state index in [1.807, 2.05) is 0 Å². The molecule has 1 aromatic carbocycles. The number of aryl methyl sites for hydroxylation is 1. The molecular formula is C14H23NO. The molecule has 1 atom stereocenters. The first-order valence-electron chi connectivity index (χ1n) is 6.25. The van der Waals surface area contributed by atoms with Crippen molar-refractivity contribution in [3.63, 3.8) is 0 Å². The summed E-state index contributed by atoms with van der Waals surface area (Å²) in [5.74, 6) is 0.966. The van der Waals surface area contributed by atoms with Crippen LogP contribution >= 0.6 is 0 Å². The molecule has 0 radical (unpaired) electrons. The van der Waals surface area contributed by atoms with Crippen molar-refractivity contribution in [2.75, 3.05) is 13.2 Å². The van der Waals surface area contributed by atoms with Crippen LogP contribution in [0.25, 0.3) is 0 Å². The number of rotatable bonds is 7. The molecule has 0 saturated heterocycles. The van der Waals surface area contributed by atoms with Crippen LogP contribution in [-0.4, -0.2) is 19.2 Å². The first-order valence-corrected chi connectivity index (χ1v) is 6.25. The summed E-state index contributed by atoms with van der Waals surface area (Å²) in [4.78, 5) is 0. The van der Waals surface area contributed by atoms with Gasteiger partial charge in [-0.15, -0.1) is 0 Å². The molecule has 0 saturated carbocycles. The van der Waals surface area contributed by atoms with Crippen molar-refractivity contribution in [1.29, 1.82) is 0 Å². The first-order chi connectivity index (χ1) is 7.80. The van der Waals surface area contributed by atoms with E-state index in [4.69, 9.17) is 4.74 Å². The molecule has 16 heavy (non-hydrogen) atoms. The van der Waals surface area contributed by atoms with Crippen LogP contribution in [0.3, 0.4) is 0 Å². The standard InChI is InChI=1S/C14H23NO/c1-4-12-7-9-14(10-8-12)16-11-13(5-2)15-6-3/h7-10,13,15H,4-6,11H2,1-3H3. The smallest absolute Gasteiger partial charge is 0.119 e. The van der Waals surface area contributed by atoms with Crippen molar-refractivity contribution in [2.24, 2.45) is 0 Å². The summed E-state index contributed by atoms with van der Waals surface area (Å²) in [6, 6.07) is 8.82. The van der Waals surface area contributed by atoms with Crippen LogP contribution in [0.1, 0.15) is 32.8 Å². The fraction of sp³-hybridized carbons (Fsp3) is 0.571. The minimum atomic E-state index is 0.454. The molecule has 0 fully saturated rings. The van der Waals surface area contributed by atoms with Gasteiger partial charge >= 0.3 is 0 Å². The third-order valence-electron chi connectivity index (χ3n) is 2.77. The second-order valence-electron chi connectivity index (χ2n) is 3.97. The Hall–Kier alpha value is -1.02. The molecule has 0 aliphatic rings. The molecule has 0 bridgehead atoms. The molecule has 0 spiro atoms. The van der Waals surface area contributed by atoms with Crippen molar-refractivity contribution in [3.8, 4) is 5.75 Å². The van der Waals surface area contributed by atoms with E-state index in [1.54, 1.807) is 0 Å². The number of nitrogens with one attached hydrogen (secondary N) is 1. The Morgan fingerprint density at radius 3 is 2.31 bits per heavy atom. The summed E-state index contributed by atoms with van der Waals surface area (Å²) in [7, 11) is 0. The van der Waals surface area contributed by atoms with Gasteiger partial charge in [0.1, 0.15) is 12.4 Å². The van der Waals surface area contributed by atoms with Crippen LogP contribution < -0.4 is 10.1 Å². The van der Waals surface area contributed by atoms with Gasteiger partial charge in [-0.2, -0.15) is 0 Å². The van der Waals surface area contributed by atoms with E-state index in [0.29, 0.717) is 6.04 Å². The van der Waals surface area contributed by atoms with Gasteiger partial charge in [0.15, 0.2) is 0 Å². The van der Waals surface area contributed by atoms with Crippen molar-refractivity contribution in [2.45, 2.75) is 39.7 Å². The Balaban J connectivity index is 2.40. The van der Waals surface area contributed by atoms with Crippen LogP contribution in [0.15, 0.2) is 24.3 Å². The van der Waals surface area contributed by atoms with Gasteiger partial charge in [-0.1, -0.05) is 32.9 Å². The average molecular weight is 221 g/mol. The SMILES string of the molecule is CCNC(CC)COc1ccc(CC)cc1. The van der Waals surface area contributed by atoms with E-state index in [1.165, 1.54) is 5.56 Å². The third-order valence-corrected chi connectivity index (χ3v) is 2.77. The van der Waals surface area contributed by atoms with E-state index >= 15 is 0 Å². The number of benzene rings is 1. The molecule has 0 aliphatic heterocycles. The molecule has 1 N–H and O–H groups in total. The molecule has 1 unspecified atom stereocenters. The predicted molar refractivity (Wildman–Crippen MR) is 69.1 cm³/mol. The van der Waals surface area contributed by atoms with Crippen molar-refractivity contribution in [3.05, 3.63) is 29.8 Å². The van der Waals surface area contributed by atoms with Gasteiger partial charge in [-0.05, 0) is 37.1 Å². The molecule has 2 heteroatoms. The van der Waals surface area contributed by atoms with Gasteiger partial charge in [0.25, 0.3) is 0 Å². The molecule has 1 rings (SSSR count). The Morgan fingerprint density at radius 2 is 1.81 bits per heavy atom. The zero-order valence-corrected chi connectivity index (χ0v) is 10.6. The van der Waals surface area contributed by atoms with E-state index in [2.05, 4.69) is 50.4 Å². The Kier molecular flexibility index (Phi) is 5.94. The topological polar surface area (TPSA) is 21.3 Å². The van der Waals surface area contributed by atoms with E-state index in [-0.39, 0.29) is 0 Å². The minimum Gasteiger partial charge on any atom is -0.492 e. The Bertz CT molecular complexity index is 281. The van der Waals surface area contributed by atoms with Gasteiger partial charge in [0, 0.05) is 6.04 Å². The molecule has 2 nitrogen and oxygen atoms in total. The van der Waals surface area contributed by atoms with E-state index in [0.717, 1.165) is 31.7 Å². The Morgan fingerprint density at radius 1 is 1.12 bits per heavy atom. The molecule has 0 aromatic heterocycles. The molecule has 1 aromatic rings. The highest BCUT2D eigenvalue weighted by Gasteiger charge is 2.04. The summed E-state index contributed by atoms with van der Waals surface area (Å²) in [6.07, 6.45) is 2.18. The summed E-state index contributed by atoms with van der Waals surface area (Å²) in [6.45, 7) is 8.20. The summed E-state index contributed by atoms with van der Waals surface area (Å²) < 4.78 is 5.75. The molecule has 0 amide bonds. The lowest BCUT2D eigenvalue weighted by Gasteiger charge is -2.16. The van der Waals surface area contributed by atoms with Crippen molar-refractivity contribution < 1.29 is 4.74 Å². The summed E-state index contributed by atoms with van der Waals surface area (Å²) in [5, 5.41) is 3.40. The Labute approximate surface area is 99.0 Å². The van der Waals surface area contributed by atoms with Crippen LogP contribution in [0.2, 0.25) is 0 Å². The molecule has 0 aliphatic carbocycles. The van der Waals surface area contributed by atoms with Crippen LogP contribution in [0, 0.1) is 0 Å². The fourth-order valence-electron chi connectivity index (χ4n) is 1.63. The van der Waals surface area contributed by atoms with Gasteiger partial charge in [-0.25, -0.2) is 0 Å². The highest BCUT2D eigenvalue weighted by atomic mass is 16.5. The molecule has 0 heterocycles. The lowest BCUT2D eigenvalue weighted by Crippen LogP contribution is -2.33. The zero-order valence-electron chi connectivity index (χ0n) is 10.6. The van der Waals surface area contributed by atoms with Crippen molar-refractivity contribution >= 4 is 0 Å². The maximum absolute atomic E-state index is 5.75. The monoisotopic (exact) mass is 221 g/mol. The van der Waals surface area contributed by atoms with E-state index in [9.17, 15) is 0 Å². The highest BCUT2D eigenvalue weighted by Crippen LogP contribution is 2.12. The zero-order chi connectivity index (χ0) is 11.8. The summed E-state index contributed by atoms with van der Waals surface area (Å²) >= 11 is 0. The van der Waals surface area contributed by atoms with Gasteiger partial charge in [0.05, 0.1) is 0 Å². The van der Waals surface area contributed by atoms with Crippen LogP contribution in [-0.2, 0) is 6.42 Å². The predicted octanol–water partition coefficient (Wildman–Crippen LogP) is 3.02. The lowest BCUT2D eigenvalue weighted by atomic mass is 10.2. The quantitative estimate of drug-likeness (QED) is 0.764. The lowest BCUT2D eigenvalue weighted by molar-refractivity contribution is 0.262. The number of ether oxygens (including phenoxy) is 1. The second kappa shape index (κ2) is 7.29. The highest BCUT2D eigenvalue weighted by molar-refractivity contribution is 5.27. The second-order valence-corrected chi connectivity index (χ2v) is 3.97. The van der Waals surface area contributed by atoms with Crippen LogP contribution in [0.4, 0.5) is 0 Å². The maximum atomic E-state index is 5.75. The normalized spacial score (nSPS) is 12.4. The summed E-state index contributed by atoms with van der Waals surface area (Å²) in [5.41, 5.74) is 1.35. The average Bonchev–Trinajstić information content (AvgIpc) is 2.35. The maximum Gasteiger partial charge on any atom is 0.119 e. The molecule has 90 valence electrons. The molecular weight excluding hydrogens is 198 g/mol. The number of hydrogen-bond donors (Lipinski definition) is 1. The van der Waals surface area contributed by atoms with Crippen molar-refractivity contribution in [1.82, 2.24) is 5.32 Å². The van der Waals surface area contributed by atoms with Gasteiger partial charge in [0.2, 0.25) is 0 Å². The van der Waals surface area contributed by atoms with E-state index < -0.39 is 0 Å². The fourth-order valence-corrected chi connectivity index (χ4v) is 1.63. The minimum absolute atomic E-state index is 0.454. The van der Waals surface area contributed by atoms with Crippen LogP contribution in [0.5, 0.6) is 5.75 Å². The largest absolute Gasteiger partial charge is 0.492 e. The van der Waals surface area contributed by atoms with Gasteiger partial charge in [-0.3, -0.25) is 0 Å². The third kappa shape index (κ3) is 4.23. The number of likely N-dealkylation sites (N-methyl/N-ethyl adjacent to an activating group) is 1.